The minimum atomic E-state index is -0.227. The zero-order valence-corrected chi connectivity index (χ0v) is 6.88. The standard InChI is InChI=1S/C7H14O3/c1-5(6(2)9-3)7(8)10-4/h5-6H,1-4H3/t5-,6+/m1/s1. The summed E-state index contributed by atoms with van der Waals surface area (Å²) in [5.41, 5.74) is 0. The highest BCUT2D eigenvalue weighted by atomic mass is 16.5. The fourth-order valence-electron chi connectivity index (χ4n) is 0.582. The van der Waals surface area contributed by atoms with Crippen molar-refractivity contribution in [2.45, 2.75) is 20.0 Å². The molecule has 10 heavy (non-hydrogen) atoms. The first-order valence-electron chi connectivity index (χ1n) is 3.24. The van der Waals surface area contributed by atoms with E-state index in [1.54, 1.807) is 14.0 Å². The molecule has 0 amide bonds. The first-order valence-corrected chi connectivity index (χ1v) is 3.24. The molecule has 0 saturated heterocycles. The van der Waals surface area contributed by atoms with E-state index in [9.17, 15) is 4.79 Å². The summed E-state index contributed by atoms with van der Waals surface area (Å²) in [6.07, 6.45) is -0.0764. The average molecular weight is 146 g/mol. The lowest BCUT2D eigenvalue weighted by Crippen LogP contribution is -2.25. The van der Waals surface area contributed by atoms with Crippen LogP contribution in [0.15, 0.2) is 0 Å². The van der Waals surface area contributed by atoms with Crippen LogP contribution in [-0.2, 0) is 14.3 Å². The molecule has 0 rings (SSSR count). The van der Waals surface area contributed by atoms with Crippen LogP contribution in [-0.4, -0.2) is 26.3 Å². The third-order valence-corrected chi connectivity index (χ3v) is 1.65. The molecule has 0 aliphatic rings. The number of rotatable bonds is 3. The molecule has 2 atom stereocenters. The maximum atomic E-state index is 10.8. The fourth-order valence-corrected chi connectivity index (χ4v) is 0.582. The van der Waals surface area contributed by atoms with E-state index in [0.717, 1.165) is 0 Å². The van der Waals surface area contributed by atoms with Crippen LogP contribution >= 0.6 is 0 Å². The van der Waals surface area contributed by atoms with Crippen molar-refractivity contribution < 1.29 is 14.3 Å². The van der Waals surface area contributed by atoms with Gasteiger partial charge in [-0.05, 0) is 13.8 Å². The molecule has 0 radical (unpaired) electrons. The van der Waals surface area contributed by atoms with Crippen LogP contribution in [0.3, 0.4) is 0 Å². The predicted molar refractivity (Wildman–Crippen MR) is 37.7 cm³/mol. The molecular weight excluding hydrogens is 132 g/mol. The van der Waals surface area contributed by atoms with Gasteiger partial charge < -0.3 is 9.47 Å². The van der Waals surface area contributed by atoms with Crippen molar-refractivity contribution in [1.82, 2.24) is 0 Å². The maximum Gasteiger partial charge on any atom is 0.311 e. The van der Waals surface area contributed by atoms with Crippen LogP contribution in [0.2, 0.25) is 0 Å². The highest BCUT2D eigenvalue weighted by molar-refractivity contribution is 5.72. The van der Waals surface area contributed by atoms with Gasteiger partial charge in [-0.3, -0.25) is 4.79 Å². The summed E-state index contributed by atoms with van der Waals surface area (Å²) in [5, 5.41) is 0. The molecule has 0 aromatic heterocycles. The molecule has 0 aromatic rings. The van der Waals surface area contributed by atoms with Crippen LogP contribution in [0, 0.1) is 5.92 Å². The summed E-state index contributed by atoms with van der Waals surface area (Å²) in [4.78, 5) is 10.8. The van der Waals surface area contributed by atoms with Gasteiger partial charge >= 0.3 is 5.97 Å². The third-order valence-electron chi connectivity index (χ3n) is 1.65. The third kappa shape index (κ3) is 2.35. The second-order valence-corrected chi connectivity index (χ2v) is 2.25. The van der Waals surface area contributed by atoms with Crippen molar-refractivity contribution in [2.24, 2.45) is 5.92 Å². The highest BCUT2D eigenvalue weighted by Gasteiger charge is 2.19. The molecule has 0 bridgehead atoms. The number of ether oxygens (including phenoxy) is 2. The SMILES string of the molecule is COC(=O)[C@H](C)[C@H](C)OC. The largest absolute Gasteiger partial charge is 0.469 e. The number of carbonyl (C=O) groups is 1. The zero-order chi connectivity index (χ0) is 8.15. The van der Waals surface area contributed by atoms with E-state index in [1.165, 1.54) is 7.11 Å². The van der Waals surface area contributed by atoms with E-state index in [4.69, 9.17) is 4.74 Å². The molecule has 0 aliphatic carbocycles. The Labute approximate surface area is 61.3 Å². The van der Waals surface area contributed by atoms with Gasteiger partial charge in [0, 0.05) is 7.11 Å². The fraction of sp³-hybridized carbons (Fsp3) is 0.857. The number of hydrogen-bond acceptors (Lipinski definition) is 3. The number of hydrogen-bond donors (Lipinski definition) is 0. The van der Waals surface area contributed by atoms with Gasteiger partial charge in [0.25, 0.3) is 0 Å². The minimum Gasteiger partial charge on any atom is -0.469 e. The van der Waals surface area contributed by atoms with Crippen LogP contribution in [0.25, 0.3) is 0 Å². The Morgan fingerprint density at radius 2 is 1.80 bits per heavy atom. The summed E-state index contributed by atoms with van der Waals surface area (Å²) in [7, 11) is 2.95. The van der Waals surface area contributed by atoms with E-state index >= 15 is 0 Å². The summed E-state index contributed by atoms with van der Waals surface area (Å²) in [6.45, 7) is 3.61. The summed E-state index contributed by atoms with van der Waals surface area (Å²) >= 11 is 0. The zero-order valence-electron chi connectivity index (χ0n) is 6.88. The molecule has 0 spiro atoms. The van der Waals surface area contributed by atoms with E-state index in [-0.39, 0.29) is 18.0 Å². The Bertz CT molecular complexity index is 111. The summed E-state index contributed by atoms with van der Waals surface area (Å²) in [5.74, 6) is -0.413. The minimum absolute atomic E-state index is 0.0764. The van der Waals surface area contributed by atoms with Gasteiger partial charge in [0.2, 0.25) is 0 Å². The molecule has 0 fully saturated rings. The Balaban J connectivity index is 3.81. The Hall–Kier alpha value is -0.570. The molecule has 0 aromatic carbocycles. The van der Waals surface area contributed by atoms with Crippen LogP contribution in [0.1, 0.15) is 13.8 Å². The molecule has 0 N–H and O–H groups in total. The lowest BCUT2D eigenvalue weighted by Gasteiger charge is -2.15. The second-order valence-electron chi connectivity index (χ2n) is 2.25. The van der Waals surface area contributed by atoms with Crippen molar-refractivity contribution in [3.8, 4) is 0 Å². The van der Waals surface area contributed by atoms with Crippen molar-refractivity contribution >= 4 is 5.97 Å². The number of esters is 1. The van der Waals surface area contributed by atoms with Gasteiger partial charge in [-0.2, -0.15) is 0 Å². The van der Waals surface area contributed by atoms with E-state index < -0.39 is 0 Å². The molecule has 60 valence electrons. The first-order chi connectivity index (χ1) is 4.63. The summed E-state index contributed by atoms with van der Waals surface area (Å²) < 4.78 is 9.45. The van der Waals surface area contributed by atoms with Gasteiger partial charge in [0.15, 0.2) is 0 Å². The molecule has 0 unspecified atom stereocenters. The highest BCUT2D eigenvalue weighted by Crippen LogP contribution is 2.06. The average Bonchev–Trinajstić information content (AvgIpc) is 2.00. The summed E-state index contributed by atoms with van der Waals surface area (Å²) in [6, 6.07) is 0. The van der Waals surface area contributed by atoms with Crippen LogP contribution < -0.4 is 0 Å². The molecule has 3 nitrogen and oxygen atoms in total. The molecule has 0 heterocycles. The van der Waals surface area contributed by atoms with Crippen molar-refractivity contribution in [2.75, 3.05) is 14.2 Å². The second kappa shape index (κ2) is 4.28. The monoisotopic (exact) mass is 146 g/mol. The van der Waals surface area contributed by atoms with E-state index in [2.05, 4.69) is 4.74 Å². The lowest BCUT2D eigenvalue weighted by molar-refractivity contribution is -0.148. The van der Waals surface area contributed by atoms with Crippen LogP contribution in [0.4, 0.5) is 0 Å². The van der Waals surface area contributed by atoms with Gasteiger partial charge in [-0.15, -0.1) is 0 Å². The normalized spacial score (nSPS) is 16.0. The molecular formula is C7H14O3. The smallest absolute Gasteiger partial charge is 0.311 e. The molecule has 0 saturated carbocycles. The van der Waals surface area contributed by atoms with E-state index in [1.807, 2.05) is 6.92 Å². The number of methoxy groups -OCH3 is 2. The van der Waals surface area contributed by atoms with Gasteiger partial charge in [0.05, 0.1) is 19.1 Å². The van der Waals surface area contributed by atoms with Crippen molar-refractivity contribution in [3.05, 3.63) is 0 Å². The topological polar surface area (TPSA) is 35.5 Å². The van der Waals surface area contributed by atoms with Gasteiger partial charge in [0.1, 0.15) is 0 Å². The van der Waals surface area contributed by atoms with Crippen LogP contribution in [0.5, 0.6) is 0 Å². The Morgan fingerprint density at radius 1 is 1.30 bits per heavy atom. The van der Waals surface area contributed by atoms with Crippen molar-refractivity contribution in [1.29, 1.82) is 0 Å². The predicted octanol–water partition coefficient (Wildman–Crippen LogP) is 0.830. The van der Waals surface area contributed by atoms with Gasteiger partial charge in [-0.25, -0.2) is 0 Å². The van der Waals surface area contributed by atoms with Gasteiger partial charge in [-0.1, -0.05) is 0 Å². The van der Waals surface area contributed by atoms with Crippen molar-refractivity contribution in [3.63, 3.8) is 0 Å². The number of carbonyl (C=O) groups excluding carboxylic acids is 1. The Morgan fingerprint density at radius 3 is 2.10 bits per heavy atom. The maximum absolute atomic E-state index is 10.8. The molecule has 0 aliphatic heterocycles. The molecule has 3 heteroatoms. The lowest BCUT2D eigenvalue weighted by atomic mass is 10.1. The van der Waals surface area contributed by atoms with E-state index in [0.29, 0.717) is 0 Å². The quantitative estimate of drug-likeness (QED) is 0.553. The first kappa shape index (κ1) is 9.43. The Kier molecular flexibility index (Phi) is 4.03.